The molecule has 4 heteroatoms. The van der Waals surface area contributed by atoms with Gasteiger partial charge in [-0.25, -0.2) is 0 Å². The van der Waals surface area contributed by atoms with Crippen LogP contribution in [0.1, 0.15) is 16.5 Å². The van der Waals surface area contributed by atoms with Gasteiger partial charge in [0.15, 0.2) is 0 Å². The maximum absolute atomic E-state index is 5.96. The minimum absolute atomic E-state index is 0.300. The lowest BCUT2D eigenvalue weighted by Gasteiger charge is -2.14. The predicted molar refractivity (Wildman–Crippen MR) is 76.3 cm³/mol. The van der Waals surface area contributed by atoms with Crippen molar-refractivity contribution < 1.29 is 0 Å². The van der Waals surface area contributed by atoms with E-state index in [1.165, 1.54) is 10.4 Å². The van der Waals surface area contributed by atoms with Gasteiger partial charge in [0, 0.05) is 15.9 Å². The Balaban J connectivity index is 2.12. The summed E-state index contributed by atoms with van der Waals surface area (Å²) in [5.74, 6) is 0. The highest BCUT2D eigenvalue weighted by molar-refractivity contribution is 7.16. The fraction of sp³-hybridized carbons (Fsp3) is 0.231. The lowest BCUT2D eigenvalue weighted by Crippen LogP contribution is -2.17. The molecule has 17 heavy (non-hydrogen) atoms. The zero-order valence-electron chi connectivity index (χ0n) is 9.41. The molecule has 0 spiro atoms. The van der Waals surface area contributed by atoms with Crippen molar-refractivity contribution >= 4 is 34.5 Å². The van der Waals surface area contributed by atoms with Crippen molar-refractivity contribution in [3.63, 3.8) is 0 Å². The Morgan fingerprint density at radius 3 is 2.35 bits per heavy atom. The lowest BCUT2D eigenvalue weighted by molar-refractivity contribution is 0.602. The van der Waals surface area contributed by atoms with E-state index in [4.69, 9.17) is 23.2 Å². The molecule has 0 aliphatic heterocycles. The second-order valence-electron chi connectivity index (χ2n) is 3.81. The van der Waals surface area contributed by atoms with Crippen LogP contribution in [-0.2, 0) is 6.42 Å². The number of hydrogen-bond donors (Lipinski definition) is 1. The van der Waals surface area contributed by atoms with Gasteiger partial charge in [0.25, 0.3) is 0 Å². The molecule has 1 heterocycles. The van der Waals surface area contributed by atoms with Gasteiger partial charge < -0.3 is 5.32 Å². The molecule has 0 fully saturated rings. The number of rotatable bonds is 4. The van der Waals surface area contributed by atoms with Gasteiger partial charge in [-0.2, -0.15) is 0 Å². The van der Waals surface area contributed by atoms with E-state index in [9.17, 15) is 0 Å². The lowest BCUT2D eigenvalue weighted by atomic mass is 10.1. The number of likely N-dealkylation sites (N-methyl/N-ethyl adjacent to an activating group) is 1. The van der Waals surface area contributed by atoms with E-state index in [1.54, 1.807) is 11.3 Å². The number of benzene rings is 1. The predicted octanol–water partition coefficient (Wildman–Crippen LogP) is 4.56. The van der Waals surface area contributed by atoms with Crippen molar-refractivity contribution in [1.29, 1.82) is 0 Å². The van der Waals surface area contributed by atoms with Gasteiger partial charge in [0.2, 0.25) is 0 Å². The van der Waals surface area contributed by atoms with E-state index in [2.05, 4.69) is 23.5 Å². The van der Waals surface area contributed by atoms with Crippen LogP contribution in [0.5, 0.6) is 0 Å². The second-order valence-corrected chi connectivity index (χ2v) is 6.00. The third-order valence-corrected chi connectivity index (χ3v) is 4.24. The summed E-state index contributed by atoms with van der Waals surface area (Å²) >= 11 is 13.4. The van der Waals surface area contributed by atoms with Gasteiger partial charge >= 0.3 is 0 Å². The molecule has 0 aliphatic carbocycles. The maximum Gasteiger partial charge on any atom is 0.0931 e. The molecule has 0 radical (unpaired) electrons. The molecule has 1 atom stereocenters. The minimum atomic E-state index is 0.300. The molecular weight excluding hydrogens is 273 g/mol. The third kappa shape index (κ3) is 3.46. The molecule has 90 valence electrons. The smallest absolute Gasteiger partial charge is 0.0931 e. The fourth-order valence-electron chi connectivity index (χ4n) is 1.72. The summed E-state index contributed by atoms with van der Waals surface area (Å²) in [7, 11) is 1.97. The Labute approximate surface area is 115 Å². The molecule has 0 aliphatic rings. The van der Waals surface area contributed by atoms with Crippen LogP contribution in [0.15, 0.2) is 36.4 Å². The first-order valence-electron chi connectivity index (χ1n) is 5.36. The van der Waals surface area contributed by atoms with Crippen LogP contribution in [0, 0.1) is 0 Å². The Morgan fingerprint density at radius 2 is 1.82 bits per heavy atom. The van der Waals surface area contributed by atoms with Gasteiger partial charge in [-0.1, -0.05) is 35.3 Å². The average molecular weight is 286 g/mol. The summed E-state index contributed by atoms with van der Waals surface area (Å²) in [6, 6.07) is 12.3. The molecule has 0 bridgehead atoms. The van der Waals surface area contributed by atoms with Crippen LogP contribution in [0.4, 0.5) is 0 Å². The summed E-state index contributed by atoms with van der Waals surface area (Å²) in [6.07, 6.45) is 0.935. The van der Waals surface area contributed by atoms with Crippen molar-refractivity contribution in [2.75, 3.05) is 7.05 Å². The van der Waals surface area contributed by atoms with Crippen molar-refractivity contribution in [2.24, 2.45) is 0 Å². The first kappa shape index (κ1) is 12.9. The first-order chi connectivity index (χ1) is 8.19. The largest absolute Gasteiger partial charge is 0.312 e. The highest BCUT2D eigenvalue weighted by Gasteiger charge is 2.12. The maximum atomic E-state index is 5.96. The van der Waals surface area contributed by atoms with Crippen molar-refractivity contribution in [2.45, 2.75) is 12.5 Å². The monoisotopic (exact) mass is 285 g/mol. The zero-order chi connectivity index (χ0) is 12.3. The van der Waals surface area contributed by atoms with Gasteiger partial charge in [-0.05, 0) is 43.3 Å². The van der Waals surface area contributed by atoms with Gasteiger partial charge in [-0.15, -0.1) is 11.3 Å². The van der Waals surface area contributed by atoms with E-state index in [1.807, 2.05) is 25.2 Å². The van der Waals surface area contributed by atoms with Crippen LogP contribution in [-0.4, -0.2) is 7.05 Å². The molecule has 1 N–H and O–H groups in total. The molecule has 2 rings (SSSR count). The van der Waals surface area contributed by atoms with Gasteiger partial charge in [0.1, 0.15) is 0 Å². The topological polar surface area (TPSA) is 12.0 Å². The Bertz CT molecular complexity index is 478. The number of halogens is 2. The SMILES string of the molecule is CNC(Cc1ccc(Cl)cc1)c1ccc(Cl)s1. The summed E-state index contributed by atoms with van der Waals surface area (Å²) in [5.41, 5.74) is 1.26. The summed E-state index contributed by atoms with van der Waals surface area (Å²) in [6.45, 7) is 0. The normalized spacial score (nSPS) is 12.6. The number of hydrogen-bond acceptors (Lipinski definition) is 2. The summed E-state index contributed by atoms with van der Waals surface area (Å²) in [4.78, 5) is 1.26. The first-order valence-corrected chi connectivity index (χ1v) is 6.93. The van der Waals surface area contributed by atoms with E-state index in [0.717, 1.165) is 15.8 Å². The highest BCUT2D eigenvalue weighted by Crippen LogP contribution is 2.29. The zero-order valence-corrected chi connectivity index (χ0v) is 11.7. The Kier molecular flexibility index (Phi) is 4.46. The van der Waals surface area contributed by atoms with Crippen LogP contribution in [0.3, 0.4) is 0 Å². The van der Waals surface area contributed by atoms with Crippen molar-refractivity contribution in [1.82, 2.24) is 5.32 Å². The molecule has 1 aromatic carbocycles. The molecule has 1 unspecified atom stereocenters. The van der Waals surface area contributed by atoms with E-state index in [-0.39, 0.29) is 0 Å². The molecule has 2 aromatic rings. The molecule has 0 amide bonds. The fourth-order valence-corrected chi connectivity index (χ4v) is 3.01. The minimum Gasteiger partial charge on any atom is -0.312 e. The Morgan fingerprint density at radius 1 is 1.12 bits per heavy atom. The second kappa shape index (κ2) is 5.87. The molecular formula is C13H13Cl2NS. The average Bonchev–Trinajstić information content (AvgIpc) is 2.75. The van der Waals surface area contributed by atoms with E-state index in [0.29, 0.717) is 6.04 Å². The number of thiophene rings is 1. The van der Waals surface area contributed by atoms with Crippen LogP contribution < -0.4 is 5.32 Å². The van der Waals surface area contributed by atoms with E-state index < -0.39 is 0 Å². The molecule has 0 saturated carbocycles. The summed E-state index contributed by atoms with van der Waals surface area (Å²) < 4.78 is 0.830. The van der Waals surface area contributed by atoms with Crippen molar-refractivity contribution in [3.8, 4) is 0 Å². The highest BCUT2D eigenvalue weighted by atomic mass is 35.5. The molecule has 1 nitrogen and oxygen atoms in total. The summed E-state index contributed by atoms with van der Waals surface area (Å²) in [5, 5.41) is 4.09. The van der Waals surface area contributed by atoms with Crippen LogP contribution >= 0.6 is 34.5 Å². The quantitative estimate of drug-likeness (QED) is 0.869. The van der Waals surface area contributed by atoms with Crippen LogP contribution in [0.25, 0.3) is 0 Å². The standard InChI is InChI=1S/C13H13Cl2NS/c1-16-11(12-6-7-13(15)17-12)8-9-2-4-10(14)5-3-9/h2-7,11,16H,8H2,1H3. The van der Waals surface area contributed by atoms with Crippen molar-refractivity contribution in [3.05, 3.63) is 56.2 Å². The molecule has 0 saturated heterocycles. The van der Waals surface area contributed by atoms with Gasteiger partial charge in [0.05, 0.1) is 4.34 Å². The van der Waals surface area contributed by atoms with Crippen LogP contribution in [0.2, 0.25) is 9.36 Å². The van der Waals surface area contributed by atoms with E-state index >= 15 is 0 Å². The third-order valence-electron chi connectivity index (χ3n) is 2.64. The molecule has 1 aromatic heterocycles. The number of nitrogens with one attached hydrogen (secondary N) is 1. The van der Waals surface area contributed by atoms with Gasteiger partial charge in [-0.3, -0.25) is 0 Å². The Hall–Kier alpha value is -0.540.